The van der Waals surface area contributed by atoms with Crippen LogP contribution in [0.2, 0.25) is 0 Å². The Morgan fingerprint density at radius 3 is 2.71 bits per heavy atom. The molecule has 1 aliphatic heterocycles. The lowest BCUT2D eigenvalue weighted by molar-refractivity contribution is 0.181. The molecule has 3 rings (SSSR count). The molecule has 0 aromatic heterocycles. The van der Waals surface area contributed by atoms with Gasteiger partial charge in [-0.3, -0.25) is 4.99 Å². The van der Waals surface area contributed by atoms with Gasteiger partial charge in [0.25, 0.3) is 0 Å². The summed E-state index contributed by atoms with van der Waals surface area (Å²) in [6, 6.07) is 8.48. The second-order valence-electron chi connectivity index (χ2n) is 7.97. The number of halogens is 1. The van der Waals surface area contributed by atoms with Gasteiger partial charge in [-0.2, -0.15) is 0 Å². The number of nitrogens with one attached hydrogen (secondary N) is 1. The SMILES string of the molecule is CCNC(=NCC1(c2ccccc2OC)CCCC1)N(C)CC1CCOC1.I. The molecule has 0 radical (unpaired) electrons. The van der Waals surface area contributed by atoms with Gasteiger partial charge in [-0.1, -0.05) is 31.0 Å². The normalized spacial score (nSPS) is 21.2. The Morgan fingerprint density at radius 1 is 1.32 bits per heavy atom. The molecule has 1 heterocycles. The fourth-order valence-corrected chi connectivity index (χ4v) is 4.54. The minimum absolute atomic E-state index is 0. The summed E-state index contributed by atoms with van der Waals surface area (Å²) in [5, 5.41) is 3.48. The maximum absolute atomic E-state index is 5.68. The highest BCUT2D eigenvalue weighted by Crippen LogP contribution is 2.44. The lowest BCUT2D eigenvalue weighted by Gasteiger charge is -2.31. The number of aliphatic imine (C=N–C) groups is 1. The van der Waals surface area contributed by atoms with Crippen molar-refractivity contribution in [2.45, 2.75) is 44.4 Å². The molecule has 1 aromatic rings. The number of methoxy groups -OCH3 is 1. The third-order valence-corrected chi connectivity index (χ3v) is 6.02. The summed E-state index contributed by atoms with van der Waals surface area (Å²) in [6.45, 7) is 6.58. The van der Waals surface area contributed by atoms with Crippen LogP contribution in [0.5, 0.6) is 5.75 Å². The van der Waals surface area contributed by atoms with Gasteiger partial charge in [0.1, 0.15) is 5.75 Å². The summed E-state index contributed by atoms with van der Waals surface area (Å²) in [6.07, 6.45) is 6.03. The minimum atomic E-state index is 0. The van der Waals surface area contributed by atoms with E-state index in [1.165, 1.54) is 31.2 Å². The smallest absolute Gasteiger partial charge is 0.193 e. The Balaban J connectivity index is 0.00000280. The number of para-hydroxylation sites is 1. The van der Waals surface area contributed by atoms with E-state index in [4.69, 9.17) is 14.5 Å². The molecular weight excluding hydrogens is 465 g/mol. The van der Waals surface area contributed by atoms with Gasteiger partial charge in [-0.05, 0) is 32.3 Å². The molecule has 0 spiro atoms. The van der Waals surface area contributed by atoms with Crippen LogP contribution in [-0.4, -0.2) is 57.9 Å². The summed E-state index contributed by atoms with van der Waals surface area (Å²) in [4.78, 5) is 7.37. The van der Waals surface area contributed by atoms with Gasteiger partial charge >= 0.3 is 0 Å². The van der Waals surface area contributed by atoms with Crippen LogP contribution in [0.4, 0.5) is 0 Å². The van der Waals surface area contributed by atoms with Crippen molar-refractivity contribution in [2.75, 3.05) is 47.0 Å². The van der Waals surface area contributed by atoms with Gasteiger partial charge in [-0.25, -0.2) is 0 Å². The molecule has 1 saturated carbocycles. The van der Waals surface area contributed by atoms with Crippen molar-refractivity contribution in [1.82, 2.24) is 10.2 Å². The van der Waals surface area contributed by atoms with Gasteiger partial charge in [-0.15, -0.1) is 24.0 Å². The molecule has 6 heteroatoms. The van der Waals surface area contributed by atoms with E-state index in [0.29, 0.717) is 5.92 Å². The van der Waals surface area contributed by atoms with Gasteiger partial charge in [0.05, 0.1) is 20.3 Å². The highest BCUT2D eigenvalue weighted by molar-refractivity contribution is 14.0. The number of guanidine groups is 1. The number of hydrogen-bond acceptors (Lipinski definition) is 3. The van der Waals surface area contributed by atoms with E-state index < -0.39 is 0 Å². The predicted molar refractivity (Wildman–Crippen MR) is 126 cm³/mol. The summed E-state index contributed by atoms with van der Waals surface area (Å²) >= 11 is 0. The highest BCUT2D eigenvalue weighted by Gasteiger charge is 2.37. The molecule has 0 bridgehead atoms. The Bertz CT molecular complexity index is 626. The molecule has 5 nitrogen and oxygen atoms in total. The van der Waals surface area contributed by atoms with Crippen LogP contribution in [0.3, 0.4) is 0 Å². The van der Waals surface area contributed by atoms with Gasteiger partial charge in [0.15, 0.2) is 5.96 Å². The average molecular weight is 501 g/mol. The number of nitrogens with zero attached hydrogens (tertiary/aromatic N) is 2. The van der Waals surface area contributed by atoms with Crippen molar-refractivity contribution in [3.05, 3.63) is 29.8 Å². The van der Waals surface area contributed by atoms with Gasteiger partial charge in [0, 0.05) is 43.6 Å². The quantitative estimate of drug-likeness (QED) is 0.348. The lowest BCUT2D eigenvalue weighted by Crippen LogP contribution is -2.42. The number of hydrogen-bond donors (Lipinski definition) is 1. The molecule has 158 valence electrons. The zero-order chi connectivity index (χ0) is 19.1. The highest BCUT2D eigenvalue weighted by atomic mass is 127. The van der Waals surface area contributed by atoms with E-state index >= 15 is 0 Å². The van der Waals surface area contributed by atoms with Gasteiger partial charge < -0.3 is 19.7 Å². The molecule has 1 saturated heterocycles. The number of ether oxygens (including phenoxy) is 2. The Morgan fingerprint density at radius 2 is 2.07 bits per heavy atom. The van der Waals surface area contributed by atoms with Crippen molar-refractivity contribution >= 4 is 29.9 Å². The second-order valence-corrected chi connectivity index (χ2v) is 7.97. The molecule has 0 amide bonds. The fourth-order valence-electron chi connectivity index (χ4n) is 4.54. The molecule has 2 aliphatic rings. The topological polar surface area (TPSA) is 46.1 Å². The average Bonchev–Trinajstić information content (AvgIpc) is 3.37. The van der Waals surface area contributed by atoms with Crippen LogP contribution in [0.25, 0.3) is 0 Å². The molecule has 1 N–H and O–H groups in total. The largest absolute Gasteiger partial charge is 0.496 e. The molecular formula is C22H36IN3O2. The summed E-state index contributed by atoms with van der Waals surface area (Å²) in [7, 11) is 3.91. The maximum Gasteiger partial charge on any atom is 0.193 e. The molecule has 1 atom stereocenters. The monoisotopic (exact) mass is 501 g/mol. The first-order valence-electron chi connectivity index (χ1n) is 10.4. The van der Waals surface area contributed by atoms with E-state index in [9.17, 15) is 0 Å². The van der Waals surface area contributed by atoms with E-state index in [1.54, 1.807) is 7.11 Å². The van der Waals surface area contributed by atoms with Crippen molar-refractivity contribution in [1.29, 1.82) is 0 Å². The molecule has 1 aromatic carbocycles. The van der Waals surface area contributed by atoms with E-state index in [1.807, 2.05) is 0 Å². The van der Waals surface area contributed by atoms with Crippen LogP contribution in [0, 0.1) is 5.92 Å². The standard InChI is InChI=1S/C22H35N3O2.HI/c1-4-23-21(25(2)15-18-11-14-27-16-18)24-17-22(12-7-8-13-22)19-9-5-6-10-20(19)26-3;/h5-6,9-10,18H,4,7-8,11-17H2,1-3H3,(H,23,24);1H. The summed E-state index contributed by atoms with van der Waals surface area (Å²) in [5.41, 5.74) is 1.40. The third kappa shape index (κ3) is 5.53. The van der Waals surface area contributed by atoms with E-state index in [-0.39, 0.29) is 29.4 Å². The molecule has 2 fully saturated rings. The first-order valence-corrected chi connectivity index (χ1v) is 10.4. The number of rotatable bonds is 7. The van der Waals surface area contributed by atoms with Crippen LogP contribution in [0.1, 0.15) is 44.6 Å². The zero-order valence-electron chi connectivity index (χ0n) is 17.6. The lowest BCUT2D eigenvalue weighted by atomic mass is 9.78. The zero-order valence-corrected chi connectivity index (χ0v) is 19.9. The molecule has 1 unspecified atom stereocenters. The van der Waals surface area contributed by atoms with Crippen molar-refractivity contribution in [2.24, 2.45) is 10.9 Å². The van der Waals surface area contributed by atoms with Crippen molar-refractivity contribution in [3.8, 4) is 5.75 Å². The third-order valence-electron chi connectivity index (χ3n) is 6.02. The summed E-state index contributed by atoms with van der Waals surface area (Å²) in [5.74, 6) is 2.61. The van der Waals surface area contributed by atoms with Crippen LogP contribution >= 0.6 is 24.0 Å². The van der Waals surface area contributed by atoms with Crippen molar-refractivity contribution < 1.29 is 9.47 Å². The van der Waals surface area contributed by atoms with Crippen LogP contribution in [-0.2, 0) is 10.2 Å². The van der Waals surface area contributed by atoms with E-state index in [0.717, 1.165) is 51.0 Å². The predicted octanol–water partition coefficient (Wildman–Crippen LogP) is 4.06. The Kier molecular flexibility index (Phi) is 9.34. The minimum Gasteiger partial charge on any atom is -0.496 e. The molecule has 28 heavy (non-hydrogen) atoms. The Labute approximate surface area is 187 Å². The van der Waals surface area contributed by atoms with E-state index in [2.05, 4.69) is 48.5 Å². The van der Waals surface area contributed by atoms with Crippen molar-refractivity contribution in [3.63, 3.8) is 0 Å². The van der Waals surface area contributed by atoms with Crippen LogP contribution in [0.15, 0.2) is 29.3 Å². The first-order chi connectivity index (χ1) is 13.2. The summed E-state index contributed by atoms with van der Waals surface area (Å²) < 4.78 is 11.2. The molecule has 1 aliphatic carbocycles. The van der Waals surface area contributed by atoms with Gasteiger partial charge in [0.2, 0.25) is 0 Å². The van der Waals surface area contributed by atoms with Crippen LogP contribution < -0.4 is 10.1 Å². The maximum atomic E-state index is 5.68. The first kappa shape index (κ1) is 23.3. The fraction of sp³-hybridized carbons (Fsp3) is 0.682. The second kappa shape index (κ2) is 11.2. The number of benzene rings is 1. The Hall–Kier alpha value is -1.02.